The molecule has 0 unspecified atom stereocenters. The molecule has 1 rings (SSSR count). The molecule has 0 radical (unpaired) electrons. The van der Waals surface area contributed by atoms with Gasteiger partial charge in [0.25, 0.3) is 0 Å². The van der Waals surface area contributed by atoms with Gasteiger partial charge in [-0.05, 0) is 18.1 Å². The number of benzene rings is 1. The Morgan fingerprint density at radius 3 is 2.75 bits per heavy atom. The first kappa shape index (κ1) is 12.8. The van der Waals surface area contributed by atoms with Crippen molar-refractivity contribution in [1.82, 2.24) is 10.2 Å². The monoisotopic (exact) mass is 240 g/mol. The number of nitrogens with zero attached hydrogens (tertiary/aromatic N) is 1. The van der Waals surface area contributed by atoms with Crippen molar-refractivity contribution < 1.29 is 4.79 Å². The first-order valence-electron chi connectivity index (χ1n) is 5.37. The number of hydrogen-bond donors (Lipinski definition) is 1. The van der Waals surface area contributed by atoms with Crippen LogP contribution in [0.15, 0.2) is 24.3 Å². The fraction of sp³-hybridized carbons (Fsp3) is 0.417. The number of nitrogens with one attached hydrogen (secondary N) is 1. The van der Waals surface area contributed by atoms with Crippen LogP contribution in [0.4, 0.5) is 4.79 Å². The molecule has 4 heteroatoms. The summed E-state index contributed by atoms with van der Waals surface area (Å²) in [6.07, 6.45) is 0.936. The van der Waals surface area contributed by atoms with Gasteiger partial charge in [-0.2, -0.15) is 0 Å². The molecule has 1 N–H and O–H groups in total. The fourth-order valence-corrected chi connectivity index (χ4v) is 1.52. The number of halogens is 1. The number of carbonyl (C=O) groups is 1. The number of hydrogen-bond acceptors (Lipinski definition) is 1. The molecule has 0 aliphatic rings. The highest BCUT2D eigenvalue weighted by atomic mass is 35.5. The van der Waals surface area contributed by atoms with E-state index in [1.54, 1.807) is 11.9 Å². The van der Waals surface area contributed by atoms with E-state index >= 15 is 0 Å². The molecule has 0 atom stereocenters. The molecule has 0 aliphatic carbocycles. The van der Waals surface area contributed by atoms with Crippen LogP contribution >= 0.6 is 11.6 Å². The standard InChI is InChI=1S/C12H17ClN2O/c1-3-8-14-12(16)15(2)9-10-6-4-5-7-11(10)13/h4-7H,3,8-9H2,1-2H3,(H,14,16). The lowest BCUT2D eigenvalue weighted by Crippen LogP contribution is -2.37. The van der Waals surface area contributed by atoms with Crippen molar-refractivity contribution in [2.45, 2.75) is 19.9 Å². The lowest BCUT2D eigenvalue weighted by Gasteiger charge is -2.18. The van der Waals surface area contributed by atoms with Crippen LogP contribution in [0.2, 0.25) is 5.02 Å². The van der Waals surface area contributed by atoms with Crippen LogP contribution in [0.5, 0.6) is 0 Å². The Kier molecular flexibility index (Phi) is 5.12. The van der Waals surface area contributed by atoms with Crippen molar-refractivity contribution in [2.75, 3.05) is 13.6 Å². The second-order valence-corrected chi connectivity index (χ2v) is 4.09. The zero-order chi connectivity index (χ0) is 12.0. The van der Waals surface area contributed by atoms with Gasteiger partial charge in [-0.1, -0.05) is 36.7 Å². The van der Waals surface area contributed by atoms with E-state index < -0.39 is 0 Å². The number of rotatable bonds is 4. The van der Waals surface area contributed by atoms with Gasteiger partial charge < -0.3 is 10.2 Å². The summed E-state index contributed by atoms with van der Waals surface area (Å²) in [5, 5.41) is 3.51. The number of amides is 2. The molecule has 16 heavy (non-hydrogen) atoms. The predicted octanol–water partition coefficient (Wildman–Crippen LogP) is 2.89. The summed E-state index contributed by atoms with van der Waals surface area (Å²) in [6.45, 7) is 3.25. The van der Waals surface area contributed by atoms with E-state index in [1.165, 1.54) is 0 Å². The highest BCUT2D eigenvalue weighted by Crippen LogP contribution is 2.16. The normalized spacial score (nSPS) is 9.94. The summed E-state index contributed by atoms with van der Waals surface area (Å²) in [5.74, 6) is 0. The predicted molar refractivity (Wildman–Crippen MR) is 66.6 cm³/mol. The third-order valence-corrected chi connectivity index (χ3v) is 2.61. The van der Waals surface area contributed by atoms with Gasteiger partial charge in [0.2, 0.25) is 0 Å². The minimum absolute atomic E-state index is 0.0678. The summed E-state index contributed by atoms with van der Waals surface area (Å²) in [5.41, 5.74) is 0.957. The Morgan fingerprint density at radius 1 is 1.44 bits per heavy atom. The van der Waals surface area contributed by atoms with E-state index in [9.17, 15) is 4.79 Å². The van der Waals surface area contributed by atoms with Crippen LogP contribution < -0.4 is 5.32 Å². The molecule has 88 valence electrons. The molecule has 0 saturated carbocycles. The van der Waals surface area contributed by atoms with Gasteiger partial charge in [-0.25, -0.2) is 4.79 Å². The Bertz CT molecular complexity index is 355. The van der Waals surface area contributed by atoms with Crippen LogP contribution in [-0.2, 0) is 6.54 Å². The fourth-order valence-electron chi connectivity index (χ4n) is 1.32. The summed E-state index contributed by atoms with van der Waals surface area (Å²) < 4.78 is 0. The Morgan fingerprint density at radius 2 is 2.12 bits per heavy atom. The van der Waals surface area contributed by atoms with Gasteiger partial charge in [0, 0.05) is 25.2 Å². The largest absolute Gasteiger partial charge is 0.338 e. The van der Waals surface area contributed by atoms with E-state index in [0.717, 1.165) is 12.0 Å². The van der Waals surface area contributed by atoms with Crippen LogP contribution in [0, 0.1) is 0 Å². The van der Waals surface area contributed by atoms with E-state index in [-0.39, 0.29) is 6.03 Å². The molecule has 0 aromatic heterocycles. The minimum atomic E-state index is -0.0678. The maximum absolute atomic E-state index is 11.6. The molecule has 0 spiro atoms. The highest BCUT2D eigenvalue weighted by molar-refractivity contribution is 6.31. The van der Waals surface area contributed by atoms with Crippen molar-refractivity contribution in [2.24, 2.45) is 0 Å². The van der Waals surface area contributed by atoms with Gasteiger partial charge in [0.15, 0.2) is 0 Å². The number of urea groups is 1. The lowest BCUT2D eigenvalue weighted by molar-refractivity contribution is 0.207. The molecule has 0 aliphatic heterocycles. The molecule has 2 amide bonds. The molecular formula is C12H17ClN2O. The Labute approximate surface area is 101 Å². The average Bonchev–Trinajstić information content (AvgIpc) is 2.28. The van der Waals surface area contributed by atoms with Gasteiger partial charge in [0.1, 0.15) is 0 Å². The SMILES string of the molecule is CCCNC(=O)N(C)Cc1ccccc1Cl. The third kappa shape index (κ3) is 3.74. The van der Waals surface area contributed by atoms with Crippen molar-refractivity contribution >= 4 is 17.6 Å². The van der Waals surface area contributed by atoms with Gasteiger partial charge in [0.05, 0.1) is 0 Å². The van der Waals surface area contributed by atoms with E-state index in [2.05, 4.69) is 5.32 Å². The topological polar surface area (TPSA) is 32.3 Å². The zero-order valence-corrected chi connectivity index (χ0v) is 10.4. The van der Waals surface area contributed by atoms with E-state index in [0.29, 0.717) is 18.1 Å². The van der Waals surface area contributed by atoms with Crippen LogP contribution in [0.3, 0.4) is 0 Å². The van der Waals surface area contributed by atoms with Crippen LogP contribution in [-0.4, -0.2) is 24.5 Å². The smallest absolute Gasteiger partial charge is 0.317 e. The van der Waals surface area contributed by atoms with Crippen molar-refractivity contribution in [3.8, 4) is 0 Å². The van der Waals surface area contributed by atoms with Crippen molar-refractivity contribution in [1.29, 1.82) is 0 Å². The van der Waals surface area contributed by atoms with Gasteiger partial charge in [-0.3, -0.25) is 0 Å². The Balaban J connectivity index is 2.54. The molecule has 3 nitrogen and oxygen atoms in total. The molecular weight excluding hydrogens is 224 g/mol. The molecule has 0 heterocycles. The van der Waals surface area contributed by atoms with Gasteiger partial charge >= 0.3 is 6.03 Å². The van der Waals surface area contributed by atoms with Crippen molar-refractivity contribution in [3.63, 3.8) is 0 Å². The van der Waals surface area contributed by atoms with Crippen LogP contribution in [0.25, 0.3) is 0 Å². The van der Waals surface area contributed by atoms with E-state index in [4.69, 9.17) is 11.6 Å². The third-order valence-electron chi connectivity index (χ3n) is 2.24. The van der Waals surface area contributed by atoms with Gasteiger partial charge in [-0.15, -0.1) is 0 Å². The summed E-state index contributed by atoms with van der Waals surface area (Å²) in [7, 11) is 1.76. The average molecular weight is 241 g/mol. The zero-order valence-electron chi connectivity index (χ0n) is 9.66. The highest BCUT2D eigenvalue weighted by Gasteiger charge is 2.09. The van der Waals surface area contributed by atoms with E-state index in [1.807, 2.05) is 31.2 Å². The molecule has 0 fully saturated rings. The molecule has 0 saturated heterocycles. The summed E-state index contributed by atoms with van der Waals surface area (Å²) in [6, 6.07) is 7.48. The molecule has 1 aromatic carbocycles. The molecule has 0 bridgehead atoms. The van der Waals surface area contributed by atoms with Crippen LogP contribution in [0.1, 0.15) is 18.9 Å². The first-order chi connectivity index (χ1) is 7.65. The Hall–Kier alpha value is -1.22. The maximum atomic E-state index is 11.6. The minimum Gasteiger partial charge on any atom is -0.338 e. The van der Waals surface area contributed by atoms with Crippen molar-refractivity contribution in [3.05, 3.63) is 34.9 Å². The number of carbonyl (C=O) groups excluding carboxylic acids is 1. The summed E-state index contributed by atoms with van der Waals surface area (Å²) in [4.78, 5) is 13.2. The second kappa shape index (κ2) is 6.38. The quantitative estimate of drug-likeness (QED) is 0.863. The first-order valence-corrected chi connectivity index (χ1v) is 5.75. The molecule has 1 aromatic rings. The summed E-state index contributed by atoms with van der Waals surface area (Å²) >= 11 is 6.02. The lowest BCUT2D eigenvalue weighted by atomic mass is 10.2. The second-order valence-electron chi connectivity index (χ2n) is 3.68. The maximum Gasteiger partial charge on any atom is 0.317 e.